The van der Waals surface area contributed by atoms with Crippen molar-refractivity contribution in [3.63, 3.8) is 0 Å². The van der Waals surface area contributed by atoms with Crippen LogP contribution in [0.15, 0.2) is 57.9 Å². The quantitative estimate of drug-likeness (QED) is 0.194. The summed E-state index contributed by atoms with van der Waals surface area (Å²) in [5, 5.41) is 0. The Hall–Kier alpha value is -2.99. The Morgan fingerprint density at radius 1 is 1.03 bits per heavy atom. The van der Waals surface area contributed by atoms with E-state index in [1.165, 1.54) is 19.4 Å². The van der Waals surface area contributed by atoms with Gasteiger partial charge in [0.05, 0.1) is 24.1 Å². The van der Waals surface area contributed by atoms with Crippen LogP contribution in [0, 0.1) is 5.95 Å². The van der Waals surface area contributed by atoms with Gasteiger partial charge in [0.25, 0.3) is 0 Å². The molecule has 0 aliphatic heterocycles. The van der Waals surface area contributed by atoms with Crippen LogP contribution >= 0.6 is 31.9 Å². The number of ether oxygens (including phenoxy) is 2. The SMILES string of the molecule is COc1cc(OCc2ncc(C(F)(F)F)cc2Br)ccc1-c1[nH]c(-c2ccc(F)nc2)nc1Br. The fourth-order valence-corrected chi connectivity index (χ4v) is 3.98. The van der Waals surface area contributed by atoms with Crippen LogP contribution in [0.25, 0.3) is 22.6 Å². The van der Waals surface area contributed by atoms with E-state index in [0.717, 1.165) is 12.3 Å². The summed E-state index contributed by atoms with van der Waals surface area (Å²) in [6, 6.07) is 8.82. The van der Waals surface area contributed by atoms with Crippen molar-refractivity contribution in [1.82, 2.24) is 19.9 Å². The average Bonchev–Trinajstić information content (AvgIpc) is 3.19. The number of aromatic amines is 1. The summed E-state index contributed by atoms with van der Waals surface area (Å²) in [6.07, 6.45) is -2.35. The van der Waals surface area contributed by atoms with Gasteiger partial charge in [-0.05, 0) is 62.2 Å². The second-order valence-electron chi connectivity index (χ2n) is 6.92. The molecule has 3 heterocycles. The Morgan fingerprint density at radius 2 is 1.82 bits per heavy atom. The summed E-state index contributed by atoms with van der Waals surface area (Å²) in [5.41, 5.74) is 1.35. The zero-order chi connectivity index (χ0) is 24.5. The highest BCUT2D eigenvalue weighted by Crippen LogP contribution is 2.38. The van der Waals surface area contributed by atoms with Crippen molar-refractivity contribution < 1.29 is 27.0 Å². The Kier molecular flexibility index (Phi) is 6.89. The number of halogens is 6. The van der Waals surface area contributed by atoms with Gasteiger partial charge in [0.1, 0.15) is 28.5 Å². The maximum absolute atomic E-state index is 13.1. The molecule has 0 unspecified atom stereocenters. The number of aromatic nitrogens is 4. The van der Waals surface area contributed by atoms with E-state index in [-0.39, 0.29) is 11.1 Å². The fraction of sp³-hybridized carbons (Fsp3) is 0.136. The minimum absolute atomic E-state index is 0.0588. The van der Waals surface area contributed by atoms with Crippen molar-refractivity contribution in [2.45, 2.75) is 12.8 Å². The number of methoxy groups -OCH3 is 1. The fourth-order valence-electron chi connectivity index (χ4n) is 3.03. The third-order valence-electron chi connectivity index (χ3n) is 4.72. The molecule has 0 atom stereocenters. The van der Waals surface area contributed by atoms with Crippen molar-refractivity contribution in [2.75, 3.05) is 7.11 Å². The first-order chi connectivity index (χ1) is 16.2. The highest BCUT2D eigenvalue weighted by molar-refractivity contribution is 9.10. The van der Waals surface area contributed by atoms with E-state index < -0.39 is 17.7 Å². The standard InChI is InChI=1S/C22H14Br2F4N4O2/c1-33-17-7-13(34-10-16-15(23)6-12(9-29-16)22(26,27)28)3-4-14(17)19-20(24)32-21(31-19)11-2-5-18(25)30-8-11/h2-9H,10H2,1H3,(H,31,32). The summed E-state index contributed by atoms with van der Waals surface area (Å²) in [7, 11) is 1.49. The molecule has 1 N–H and O–H groups in total. The predicted octanol–water partition coefficient (Wildman–Crippen LogP) is 6.80. The highest BCUT2D eigenvalue weighted by atomic mass is 79.9. The third-order valence-corrected chi connectivity index (χ3v) is 5.98. The molecular formula is C22H14Br2F4N4O2. The number of H-pyrrole nitrogens is 1. The van der Waals surface area contributed by atoms with Crippen LogP contribution < -0.4 is 9.47 Å². The van der Waals surface area contributed by atoms with E-state index in [9.17, 15) is 17.6 Å². The normalized spacial score (nSPS) is 11.5. The second-order valence-corrected chi connectivity index (χ2v) is 8.53. The van der Waals surface area contributed by atoms with Gasteiger partial charge in [0, 0.05) is 34.1 Å². The maximum atomic E-state index is 13.1. The Bertz CT molecular complexity index is 1330. The number of benzene rings is 1. The molecule has 0 bridgehead atoms. The molecule has 0 amide bonds. The van der Waals surface area contributed by atoms with Crippen molar-refractivity contribution in [2.24, 2.45) is 0 Å². The van der Waals surface area contributed by atoms with E-state index in [2.05, 4.69) is 51.8 Å². The van der Waals surface area contributed by atoms with Gasteiger partial charge in [0.2, 0.25) is 5.95 Å². The first kappa shape index (κ1) is 24.1. The van der Waals surface area contributed by atoms with Gasteiger partial charge in [-0.25, -0.2) is 9.97 Å². The molecule has 0 aliphatic rings. The van der Waals surface area contributed by atoms with Gasteiger partial charge in [0.15, 0.2) is 0 Å². The van der Waals surface area contributed by atoms with Crippen LogP contribution in [0.1, 0.15) is 11.3 Å². The van der Waals surface area contributed by atoms with Crippen LogP contribution in [0.3, 0.4) is 0 Å². The molecule has 0 fully saturated rings. The van der Waals surface area contributed by atoms with E-state index in [4.69, 9.17) is 9.47 Å². The number of nitrogens with one attached hydrogen (secondary N) is 1. The van der Waals surface area contributed by atoms with Crippen LogP contribution in [0.2, 0.25) is 0 Å². The zero-order valence-corrected chi connectivity index (χ0v) is 20.4. The minimum Gasteiger partial charge on any atom is -0.496 e. The number of imidazole rings is 1. The number of pyridine rings is 2. The van der Waals surface area contributed by atoms with E-state index in [1.807, 2.05) is 0 Å². The molecule has 4 rings (SSSR count). The summed E-state index contributed by atoms with van der Waals surface area (Å²) in [5.74, 6) is 0.776. The Morgan fingerprint density at radius 3 is 2.47 bits per heavy atom. The lowest BCUT2D eigenvalue weighted by Crippen LogP contribution is -2.08. The lowest BCUT2D eigenvalue weighted by molar-refractivity contribution is -0.137. The van der Waals surface area contributed by atoms with Gasteiger partial charge < -0.3 is 14.5 Å². The molecular weight excluding hydrogens is 588 g/mol. The van der Waals surface area contributed by atoms with Gasteiger partial charge in [-0.15, -0.1) is 0 Å². The van der Waals surface area contributed by atoms with E-state index in [1.54, 1.807) is 24.3 Å². The molecule has 4 aromatic rings. The molecule has 0 aliphatic carbocycles. The van der Waals surface area contributed by atoms with Crippen molar-refractivity contribution in [3.8, 4) is 34.1 Å². The zero-order valence-electron chi connectivity index (χ0n) is 17.3. The number of hydrogen-bond donors (Lipinski definition) is 1. The van der Waals surface area contributed by atoms with Crippen LogP contribution in [0.5, 0.6) is 11.5 Å². The highest BCUT2D eigenvalue weighted by Gasteiger charge is 2.31. The first-order valence-corrected chi connectivity index (χ1v) is 11.1. The monoisotopic (exact) mass is 600 g/mol. The Labute approximate surface area is 207 Å². The summed E-state index contributed by atoms with van der Waals surface area (Å²) in [6.45, 7) is -0.0588. The molecule has 176 valence electrons. The van der Waals surface area contributed by atoms with Gasteiger partial charge in [-0.1, -0.05) is 0 Å². The summed E-state index contributed by atoms with van der Waals surface area (Å²) in [4.78, 5) is 15.1. The van der Waals surface area contributed by atoms with Crippen molar-refractivity contribution >= 4 is 31.9 Å². The molecule has 34 heavy (non-hydrogen) atoms. The lowest BCUT2D eigenvalue weighted by Gasteiger charge is -2.13. The van der Waals surface area contributed by atoms with Gasteiger partial charge in [-0.3, -0.25) is 4.98 Å². The number of rotatable bonds is 6. The minimum atomic E-state index is -4.48. The number of nitrogens with zero attached hydrogens (tertiary/aromatic N) is 3. The van der Waals surface area contributed by atoms with Gasteiger partial charge >= 0.3 is 6.18 Å². The van der Waals surface area contributed by atoms with Gasteiger partial charge in [-0.2, -0.15) is 17.6 Å². The predicted molar refractivity (Wildman–Crippen MR) is 123 cm³/mol. The number of alkyl halides is 3. The molecule has 12 heteroatoms. The van der Waals surface area contributed by atoms with Crippen LogP contribution in [0.4, 0.5) is 17.6 Å². The molecule has 1 aromatic carbocycles. The summed E-state index contributed by atoms with van der Waals surface area (Å²) < 4.78 is 63.5. The lowest BCUT2D eigenvalue weighted by atomic mass is 10.1. The number of hydrogen-bond acceptors (Lipinski definition) is 5. The maximum Gasteiger partial charge on any atom is 0.417 e. The molecule has 0 radical (unpaired) electrons. The van der Waals surface area contributed by atoms with E-state index in [0.29, 0.717) is 44.4 Å². The van der Waals surface area contributed by atoms with Crippen molar-refractivity contribution in [3.05, 3.63) is 75.1 Å². The van der Waals surface area contributed by atoms with Crippen molar-refractivity contribution in [1.29, 1.82) is 0 Å². The Balaban J connectivity index is 1.55. The second kappa shape index (κ2) is 9.71. The van der Waals surface area contributed by atoms with Crippen LogP contribution in [-0.2, 0) is 12.8 Å². The largest absolute Gasteiger partial charge is 0.496 e. The third kappa shape index (κ3) is 5.22. The van der Waals surface area contributed by atoms with E-state index >= 15 is 0 Å². The smallest absolute Gasteiger partial charge is 0.417 e. The average molecular weight is 602 g/mol. The molecule has 0 spiro atoms. The molecule has 0 saturated heterocycles. The topological polar surface area (TPSA) is 72.9 Å². The molecule has 3 aromatic heterocycles. The molecule has 6 nitrogen and oxygen atoms in total. The molecule has 0 saturated carbocycles. The van der Waals surface area contributed by atoms with Crippen LogP contribution in [-0.4, -0.2) is 27.0 Å². The summed E-state index contributed by atoms with van der Waals surface area (Å²) >= 11 is 6.53. The first-order valence-electron chi connectivity index (χ1n) is 9.56.